The lowest BCUT2D eigenvalue weighted by molar-refractivity contribution is 0.376. The first-order valence-electron chi connectivity index (χ1n) is 10.0. The van der Waals surface area contributed by atoms with Crippen LogP contribution in [0.4, 0.5) is 0 Å². The number of aromatic nitrogens is 2. The highest BCUT2D eigenvalue weighted by Crippen LogP contribution is 2.24. The highest BCUT2D eigenvalue weighted by atomic mass is 32.1. The van der Waals surface area contributed by atoms with Crippen LogP contribution in [-0.4, -0.2) is 29.2 Å². The Bertz CT molecular complexity index is 927. The molecule has 6 nitrogen and oxygen atoms in total. The van der Waals surface area contributed by atoms with E-state index >= 15 is 0 Å². The number of aliphatic imine (C=N–C) groups is 1. The summed E-state index contributed by atoms with van der Waals surface area (Å²) in [5, 5.41) is 13.9. The number of hydrogen-bond donors (Lipinski definition) is 2. The molecule has 0 saturated heterocycles. The van der Waals surface area contributed by atoms with Gasteiger partial charge in [0.2, 0.25) is 0 Å². The van der Waals surface area contributed by atoms with Crippen molar-refractivity contribution in [3.63, 3.8) is 0 Å². The van der Waals surface area contributed by atoms with E-state index in [1.807, 2.05) is 6.07 Å². The van der Waals surface area contributed by atoms with Crippen LogP contribution in [0.3, 0.4) is 0 Å². The summed E-state index contributed by atoms with van der Waals surface area (Å²) in [5.74, 6) is 1.89. The average molecular weight is 412 g/mol. The third-order valence-electron chi connectivity index (χ3n) is 4.43. The summed E-state index contributed by atoms with van der Waals surface area (Å²) in [6.07, 6.45) is 0.840. The van der Waals surface area contributed by atoms with Crippen LogP contribution in [0, 0.1) is 6.92 Å². The molecule has 0 aliphatic rings. The molecule has 7 heteroatoms. The predicted octanol–water partition coefficient (Wildman–Crippen LogP) is 4.53. The Hall–Kier alpha value is -2.67. The van der Waals surface area contributed by atoms with E-state index in [1.165, 1.54) is 11.1 Å². The first-order valence-corrected chi connectivity index (χ1v) is 10.9. The lowest BCUT2D eigenvalue weighted by Gasteiger charge is -2.10. The molecule has 3 rings (SSSR count). The topological polar surface area (TPSA) is 75.3 Å². The van der Waals surface area contributed by atoms with Crippen molar-refractivity contribution >= 4 is 17.3 Å². The molecule has 2 heterocycles. The number of nitrogens with zero attached hydrogens (tertiary/aromatic N) is 3. The second kappa shape index (κ2) is 10.2. The summed E-state index contributed by atoms with van der Waals surface area (Å²) in [7, 11) is 0. The molecule has 154 valence electrons. The number of guanidine groups is 1. The van der Waals surface area contributed by atoms with E-state index in [9.17, 15) is 0 Å². The number of rotatable bonds is 8. The zero-order valence-electron chi connectivity index (χ0n) is 17.5. The largest absolute Gasteiger partial charge is 0.359 e. The second-order valence-electron chi connectivity index (χ2n) is 7.25. The van der Waals surface area contributed by atoms with Crippen LogP contribution in [0.25, 0.3) is 10.6 Å². The van der Waals surface area contributed by atoms with Crippen molar-refractivity contribution in [3.8, 4) is 10.6 Å². The molecule has 0 amide bonds. The minimum absolute atomic E-state index is 0.353. The van der Waals surface area contributed by atoms with Crippen LogP contribution < -0.4 is 10.6 Å². The lowest BCUT2D eigenvalue weighted by atomic mass is 10.1. The molecule has 2 N–H and O–H groups in total. The summed E-state index contributed by atoms with van der Waals surface area (Å²) in [5.41, 5.74) is 4.48. The third-order valence-corrected chi connectivity index (χ3v) is 5.37. The molecule has 29 heavy (non-hydrogen) atoms. The van der Waals surface area contributed by atoms with Crippen molar-refractivity contribution in [1.82, 2.24) is 20.8 Å². The molecule has 0 aliphatic carbocycles. The molecule has 0 unspecified atom stereocenters. The maximum atomic E-state index is 5.36. The molecular formula is C22H29N5OS. The first-order chi connectivity index (χ1) is 14.0. The summed E-state index contributed by atoms with van der Waals surface area (Å²) in [6.45, 7) is 10.4. The van der Waals surface area contributed by atoms with Gasteiger partial charge in [0, 0.05) is 36.5 Å². The van der Waals surface area contributed by atoms with Gasteiger partial charge in [0.1, 0.15) is 11.6 Å². The van der Waals surface area contributed by atoms with Crippen LogP contribution >= 0.6 is 11.3 Å². The zero-order valence-corrected chi connectivity index (χ0v) is 18.3. The van der Waals surface area contributed by atoms with Gasteiger partial charge in [-0.15, -0.1) is 11.3 Å². The molecule has 3 aromatic rings. The predicted molar refractivity (Wildman–Crippen MR) is 119 cm³/mol. The minimum Gasteiger partial charge on any atom is -0.359 e. The standard InChI is InChI=1S/C22H29N5OS/c1-5-23-22(25-13-19-12-20(15(2)3)27-28-19)24-11-10-18-14-29-21(26-18)17-8-6-16(4)7-9-17/h6-9,12,14-15H,5,10-11,13H2,1-4H3,(H2,23,24,25). The van der Waals surface area contributed by atoms with Crippen molar-refractivity contribution in [1.29, 1.82) is 0 Å². The van der Waals surface area contributed by atoms with Crippen LogP contribution in [0.15, 0.2) is 45.2 Å². The zero-order chi connectivity index (χ0) is 20.6. The van der Waals surface area contributed by atoms with E-state index < -0.39 is 0 Å². The van der Waals surface area contributed by atoms with Crippen molar-refractivity contribution in [2.24, 2.45) is 4.99 Å². The highest BCUT2D eigenvalue weighted by Gasteiger charge is 2.08. The molecule has 0 fully saturated rings. The Labute approximate surface area is 176 Å². The van der Waals surface area contributed by atoms with E-state index in [1.54, 1.807) is 11.3 Å². The quantitative estimate of drug-likeness (QED) is 0.421. The Kier molecular flexibility index (Phi) is 7.41. The molecule has 0 bridgehead atoms. The lowest BCUT2D eigenvalue weighted by Crippen LogP contribution is -2.38. The van der Waals surface area contributed by atoms with Crippen molar-refractivity contribution in [2.45, 2.75) is 46.6 Å². The van der Waals surface area contributed by atoms with E-state index in [2.05, 4.69) is 78.1 Å². The Morgan fingerprint density at radius 3 is 2.69 bits per heavy atom. The number of nitrogens with one attached hydrogen (secondary N) is 2. The number of aryl methyl sites for hydroxylation is 1. The third kappa shape index (κ3) is 6.15. The fraction of sp³-hybridized carbons (Fsp3) is 0.409. The van der Waals surface area contributed by atoms with Gasteiger partial charge in [-0.05, 0) is 19.8 Å². The van der Waals surface area contributed by atoms with Gasteiger partial charge < -0.3 is 15.2 Å². The SMILES string of the molecule is CCNC(=NCc1cc(C(C)C)no1)NCCc1csc(-c2ccc(C)cc2)n1. The highest BCUT2D eigenvalue weighted by molar-refractivity contribution is 7.13. The van der Waals surface area contributed by atoms with Gasteiger partial charge in [-0.2, -0.15) is 0 Å². The number of thiazole rings is 1. The molecule has 0 spiro atoms. The maximum absolute atomic E-state index is 5.36. The van der Waals surface area contributed by atoms with Crippen LogP contribution in [0.2, 0.25) is 0 Å². The second-order valence-corrected chi connectivity index (χ2v) is 8.11. The Morgan fingerprint density at radius 2 is 2.00 bits per heavy atom. The molecule has 0 saturated carbocycles. The van der Waals surface area contributed by atoms with E-state index in [-0.39, 0.29) is 0 Å². The number of benzene rings is 1. The average Bonchev–Trinajstić information content (AvgIpc) is 3.36. The smallest absolute Gasteiger partial charge is 0.191 e. The van der Waals surface area contributed by atoms with Crippen molar-refractivity contribution < 1.29 is 4.52 Å². The molecule has 0 aliphatic heterocycles. The Balaban J connectivity index is 1.53. The van der Waals surface area contributed by atoms with Gasteiger partial charge in [-0.25, -0.2) is 9.98 Å². The van der Waals surface area contributed by atoms with Crippen molar-refractivity contribution in [3.05, 3.63) is 58.4 Å². The van der Waals surface area contributed by atoms with Crippen LogP contribution in [-0.2, 0) is 13.0 Å². The van der Waals surface area contributed by atoms with Gasteiger partial charge in [0.15, 0.2) is 11.7 Å². The maximum Gasteiger partial charge on any atom is 0.191 e. The van der Waals surface area contributed by atoms with Gasteiger partial charge in [0.05, 0.1) is 11.4 Å². The van der Waals surface area contributed by atoms with E-state index in [4.69, 9.17) is 9.51 Å². The molecule has 1 aromatic carbocycles. The first kappa shape index (κ1) is 21.0. The Morgan fingerprint density at radius 1 is 1.21 bits per heavy atom. The van der Waals surface area contributed by atoms with Crippen LogP contribution in [0.5, 0.6) is 0 Å². The monoisotopic (exact) mass is 411 g/mol. The number of hydrogen-bond acceptors (Lipinski definition) is 5. The summed E-state index contributed by atoms with van der Waals surface area (Å²) < 4.78 is 5.36. The fourth-order valence-corrected chi connectivity index (χ4v) is 3.59. The minimum atomic E-state index is 0.353. The summed E-state index contributed by atoms with van der Waals surface area (Å²) in [6, 6.07) is 10.5. The van der Waals surface area contributed by atoms with E-state index in [0.717, 1.165) is 47.6 Å². The normalized spacial score (nSPS) is 11.8. The van der Waals surface area contributed by atoms with E-state index in [0.29, 0.717) is 12.5 Å². The molecule has 2 aromatic heterocycles. The van der Waals surface area contributed by atoms with Gasteiger partial charge >= 0.3 is 0 Å². The molecule has 0 radical (unpaired) electrons. The van der Waals surface area contributed by atoms with Gasteiger partial charge in [0.25, 0.3) is 0 Å². The molecular weight excluding hydrogens is 382 g/mol. The molecule has 0 atom stereocenters. The fourth-order valence-electron chi connectivity index (χ4n) is 2.73. The summed E-state index contributed by atoms with van der Waals surface area (Å²) >= 11 is 1.69. The van der Waals surface area contributed by atoms with Gasteiger partial charge in [-0.1, -0.05) is 48.8 Å². The van der Waals surface area contributed by atoms with Crippen LogP contribution in [0.1, 0.15) is 49.4 Å². The van der Waals surface area contributed by atoms with Crippen molar-refractivity contribution in [2.75, 3.05) is 13.1 Å². The summed E-state index contributed by atoms with van der Waals surface area (Å²) in [4.78, 5) is 9.35. The van der Waals surface area contributed by atoms with Gasteiger partial charge in [-0.3, -0.25) is 0 Å².